The van der Waals surface area contributed by atoms with E-state index in [1.807, 2.05) is 20.8 Å². The quantitative estimate of drug-likeness (QED) is 0.719. The lowest BCUT2D eigenvalue weighted by Crippen LogP contribution is -2.45. The highest BCUT2D eigenvalue weighted by Crippen LogP contribution is 2.37. The van der Waals surface area contributed by atoms with E-state index in [1.54, 1.807) is 13.0 Å². The van der Waals surface area contributed by atoms with Gasteiger partial charge in [0.2, 0.25) is 0 Å². The van der Waals surface area contributed by atoms with Gasteiger partial charge in [-0.05, 0) is 27.2 Å². The third kappa shape index (κ3) is 3.28. The van der Waals surface area contributed by atoms with E-state index in [0.717, 1.165) is 0 Å². The second-order valence-corrected chi connectivity index (χ2v) is 5.46. The van der Waals surface area contributed by atoms with Gasteiger partial charge in [-0.25, -0.2) is 0 Å². The molecule has 17 heavy (non-hydrogen) atoms. The molecule has 0 aliphatic carbocycles. The summed E-state index contributed by atoms with van der Waals surface area (Å²) >= 11 is 0. The van der Waals surface area contributed by atoms with Crippen molar-refractivity contribution in [1.29, 1.82) is 0 Å². The largest absolute Gasteiger partial charge is 0.394 e. The summed E-state index contributed by atoms with van der Waals surface area (Å²) in [5.41, 5.74) is -0.913. The molecule has 4 atom stereocenters. The summed E-state index contributed by atoms with van der Waals surface area (Å²) in [4.78, 5) is 0. The average molecular weight is 244 g/mol. The van der Waals surface area contributed by atoms with Gasteiger partial charge in [-0.3, -0.25) is 0 Å². The summed E-state index contributed by atoms with van der Waals surface area (Å²) in [6.45, 7) is 10.8. The van der Waals surface area contributed by atoms with Crippen LogP contribution in [0.3, 0.4) is 0 Å². The van der Waals surface area contributed by atoms with E-state index in [2.05, 4.69) is 6.58 Å². The number of hydrogen-bond acceptors (Lipinski definition) is 4. The Labute approximate surface area is 103 Å². The van der Waals surface area contributed by atoms with Gasteiger partial charge in [-0.2, -0.15) is 0 Å². The van der Waals surface area contributed by atoms with Gasteiger partial charge < -0.3 is 19.7 Å². The Morgan fingerprint density at radius 2 is 2.06 bits per heavy atom. The van der Waals surface area contributed by atoms with E-state index in [-0.39, 0.29) is 18.6 Å². The summed E-state index contributed by atoms with van der Waals surface area (Å²) in [6, 6.07) is 0. The molecule has 0 aromatic heterocycles. The first-order chi connectivity index (χ1) is 7.73. The van der Waals surface area contributed by atoms with E-state index in [1.165, 1.54) is 0 Å². The Balaban J connectivity index is 2.81. The first kappa shape index (κ1) is 14.6. The molecular weight excluding hydrogens is 220 g/mol. The van der Waals surface area contributed by atoms with Crippen molar-refractivity contribution in [2.75, 3.05) is 6.61 Å². The predicted molar refractivity (Wildman–Crippen MR) is 65.5 cm³/mol. The Kier molecular flexibility index (Phi) is 4.36. The van der Waals surface area contributed by atoms with Crippen LogP contribution in [0.5, 0.6) is 0 Å². The SMILES string of the molecule is C=CC[C@](C)(O)[C@H](C)[C@H]1OC(C)(C)O[C@H]1CO. The molecule has 1 rings (SSSR count). The van der Waals surface area contributed by atoms with Crippen LogP contribution in [0.1, 0.15) is 34.1 Å². The molecule has 0 radical (unpaired) electrons. The molecule has 1 aliphatic heterocycles. The van der Waals surface area contributed by atoms with Crippen molar-refractivity contribution >= 4 is 0 Å². The van der Waals surface area contributed by atoms with Crippen molar-refractivity contribution in [3.63, 3.8) is 0 Å². The molecule has 0 unspecified atom stereocenters. The zero-order valence-corrected chi connectivity index (χ0v) is 11.1. The van der Waals surface area contributed by atoms with E-state index in [0.29, 0.717) is 6.42 Å². The van der Waals surface area contributed by atoms with Gasteiger partial charge in [-0.15, -0.1) is 6.58 Å². The molecule has 0 bridgehead atoms. The topological polar surface area (TPSA) is 58.9 Å². The fourth-order valence-electron chi connectivity index (χ4n) is 2.26. The molecule has 1 aliphatic rings. The molecule has 4 heteroatoms. The van der Waals surface area contributed by atoms with Crippen molar-refractivity contribution < 1.29 is 19.7 Å². The van der Waals surface area contributed by atoms with Crippen molar-refractivity contribution in [2.24, 2.45) is 5.92 Å². The van der Waals surface area contributed by atoms with Crippen molar-refractivity contribution in [1.82, 2.24) is 0 Å². The highest BCUT2D eigenvalue weighted by atomic mass is 16.8. The maximum Gasteiger partial charge on any atom is 0.163 e. The van der Waals surface area contributed by atoms with Crippen LogP contribution in [-0.2, 0) is 9.47 Å². The monoisotopic (exact) mass is 244 g/mol. The number of aliphatic hydroxyl groups excluding tert-OH is 1. The van der Waals surface area contributed by atoms with Crippen molar-refractivity contribution in [3.8, 4) is 0 Å². The first-order valence-electron chi connectivity index (χ1n) is 6.03. The van der Waals surface area contributed by atoms with E-state index >= 15 is 0 Å². The van der Waals surface area contributed by atoms with Crippen LogP contribution in [0.2, 0.25) is 0 Å². The smallest absolute Gasteiger partial charge is 0.163 e. The standard InChI is InChI=1S/C13H24O4/c1-6-7-13(5,15)9(2)11-10(8-14)16-12(3,4)17-11/h6,9-11,14-15H,1,7-8H2,2-5H3/t9-,10+,11-,13+/m1/s1. The van der Waals surface area contributed by atoms with Crippen LogP contribution >= 0.6 is 0 Å². The van der Waals surface area contributed by atoms with Gasteiger partial charge in [0.05, 0.1) is 18.3 Å². The fourth-order valence-corrected chi connectivity index (χ4v) is 2.26. The number of hydrogen-bond donors (Lipinski definition) is 2. The van der Waals surface area contributed by atoms with E-state index in [9.17, 15) is 10.2 Å². The van der Waals surface area contributed by atoms with Crippen molar-refractivity contribution in [3.05, 3.63) is 12.7 Å². The van der Waals surface area contributed by atoms with Gasteiger partial charge >= 0.3 is 0 Å². The highest BCUT2D eigenvalue weighted by Gasteiger charge is 2.47. The fraction of sp³-hybridized carbons (Fsp3) is 0.846. The summed E-state index contributed by atoms with van der Waals surface area (Å²) < 4.78 is 11.4. The minimum absolute atomic E-state index is 0.109. The Bertz CT molecular complexity index is 273. The zero-order chi connectivity index (χ0) is 13.3. The molecule has 4 nitrogen and oxygen atoms in total. The highest BCUT2D eigenvalue weighted by molar-refractivity contribution is 4.95. The maximum absolute atomic E-state index is 10.3. The minimum atomic E-state index is -0.913. The van der Waals surface area contributed by atoms with Crippen LogP contribution < -0.4 is 0 Å². The molecule has 0 saturated carbocycles. The molecule has 0 aromatic carbocycles. The van der Waals surface area contributed by atoms with E-state index < -0.39 is 17.5 Å². The molecule has 1 saturated heterocycles. The third-order valence-electron chi connectivity index (χ3n) is 3.43. The summed E-state index contributed by atoms with van der Waals surface area (Å²) in [7, 11) is 0. The molecule has 100 valence electrons. The lowest BCUT2D eigenvalue weighted by Gasteiger charge is -2.34. The third-order valence-corrected chi connectivity index (χ3v) is 3.43. The van der Waals surface area contributed by atoms with Crippen LogP contribution in [-0.4, -0.2) is 40.4 Å². The molecule has 1 fully saturated rings. The van der Waals surface area contributed by atoms with Crippen LogP contribution in [0.25, 0.3) is 0 Å². The second-order valence-electron chi connectivity index (χ2n) is 5.46. The van der Waals surface area contributed by atoms with Crippen molar-refractivity contribution in [2.45, 2.75) is 57.7 Å². The maximum atomic E-state index is 10.3. The van der Waals surface area contributed by atoms with Gasteiger partial charge in [0.1, 0.15) is 6.10 Å². The lowest BCUT2D eigenvalue weighted by molar-refractivity contribution is -0.159. The summed E-state index contributed by atoms with van der Waals surface area (Å²) in [5, 5.41) is 19.6. The number of ether oxygens (including phenoxy) is 2. The summed E-state index contributed by atoms with van der Waals surface area (Å²) in [6.07, 6.45) is 1.46. The molecule has 0 aromatic rings. The van der Waals surface area contributed by atoms with Gasteiger partial charge in [0.25, 0.3) is 0 Å². The first-order valence-corrected chi connectivity index (χ1v) is 6.03. The molecule has 0 spiro atoms. The lowest BCUT2D eigenvalue weighted by atomic mass is 9.82. The minimum Gasteiger partial charge on any atom is -0.394 e. The summed E-state index contributed by atoms with van der Waals surface area (Å²) in [5.74, 6) is -0.865. The van der Waals surface area contributed by atoms with Crippen LogP contribution in [0.15, 0.2) is 12.7 Å². The molecule has 0 amide bonds. The van der Waals surface area contributed by atoms with E-state index in [4.69, 9.17) is 9.47 Å². The average Bonchev–Trinajstić information content (AvgIpc) is 2.52. The van der Waals surface area contributed by atoms with Crippen LogP contribution in [0.4, 0.5) is 0 Å². The number of rotatable bonds is 5. The molecular formula is C13H24O4. The van der Waals surface area contributed by atoms with Gasteiger partial charge in [-0.1, -0.05) is 13.0 Å². The predicted octanol–water partition coefficient (Wildman–Crippen LogP) is 1.46. The van der Waals surface area contributed by atoms with Gasteiger partial charge in [0.15, 0.2) is 5.79 Å². The molecule has 1 heterocycles. The second kappa shape index (κ2) is 5.06. The normalized spacial score (nSPS) is 33.1. The molecule has 2 N–H and O–H groups in total. The van der Waals surface area contributed by atoms with Gasteiger partial charge in [0, 0.05) is 5.92 Å². The Morgan fingerprint density at radius 1 is 1.47 bits per heavy atom. The Hall–Kier alpha value is -0.420. The van der Waals surface area contributed by atoms with Crippen LogP contribution in [0, 0.1) is 5.92 Å². The number of aliphatic hydroxyl groups is 2. The Morgan fingerprint density at radius 3 is 2.53 bits per heavy atom. The zero-order valence-electron chi connectivity index (χ0n) is 11.1.